The molecule has 0 radical (unpaired) electrons. The Bertz CT molecular complexity index is 459. The predicted molar refractivity (Wildman–Crippen MR) is 122 cm³/mol. The van der Waals surface area contributed by atoms with Gasteiger partial charge in [-0.15, -0.1) is 13.2 Å². The summed E-state index contributed by atoms with van der Waals surface area (Å²) in [5.74, 6) is 1.45. The second kappa shape index (κ2) is 17.5. The minimum atomic E-state index is 0.198. The standard InChI is InChI=1S/C24H43N3O/c1-3-5-7-9-11-13-15-17-23-25-19-21-27(23)22-20-26-24(28)18-16-14-12-10-8-6-4-2/h3-4H,1-2,5-22H2,(H,26,28). The summed E-state index contributed by atoms with van der Waals surface area (Å²) in [7, 11) is 0. The van der Waals surface area contributed by atoms with Crippen LogP contribution in [0.1, 0.15) is 89.9 Å². The van der Waals surface area contributed by atoms with Gasteiger partial charge in [-0.3, -0.25) is 9.79 Å². The largest absolute Gasteiger partial charge is 0.357 e. The van der Waals surface area contributed by atoms with Gasteiger partial charge in [0.05, 0.1) is 12.4 Å². The van der Waals surface area contributed by atoms with E-state index < -0.39 is 0 Å². The third-order valence-corrected chi connectivity index (χ3v) is 5.35. The van der Waals surface area contributed by atoms with Gasteiger partial charge >= 0.3 is 0 Å². The molecule has 4 nitrogen and oxygen atoms in total. The Morgan fingerprint density at radius 2 is 1.54 bits per heavy atom. The van der Waals surface area contributed by atoms with Crippen molar-refractivity contribution in [3.63, 3.8) is 0 Å². The van der Waals surface area contributed by atoms with E-state index in [2.05, 4.69) is 28.4 Å². The van der Waals surface area contributed by atoms with Gasteiger partial charge < -0.3 is 10.2 Å². The van der Waals surface area contributed by atoms with Crippen molar-refractivity contribution in [3.8, 4) is 0 Å². The molecule has 0 aromatic rings. The third-order valence-electron chi connectivity index (χ3n) is 5.35. The number of hydrogen-bond acceptors (Lipinski definition) is 3. The van der Waals surface area contributed by atoms with Crippen LogP contribution in [-0.2, 0) is 4.79 Å². The molecule has 0 bridgehead atoms. The zero-order valence-electron chi connectivity index (χ0n) is 18.1. The molecule has 0 atom stereocenters. The second-order valence-corrected chi connectivity index (χ2v) is 7.83. The van der Waals surface area contributed by atoms with Crippen molar-refractivity contribution >= 4 is 11.7 Å². The fourth-order valence-electron chi connectivity index (χ4n) is 3.63. The van der Waals surface area contributed by atoms with Gasteiger partial charge in [-0.2, -0.15) is 0 Å². The van der Waals surface area contributed by atoms with Gasteiger partial charge in [0, 0.05) is 32.5 Å². The molecule has 0 aliphatic carbocycles. The molecule has 160 valence electrons. The number of carbonyl (C=O) groups excluding carboxylic acids is 1. The van der Waals surface area contributed by atoms with E-state index in [1.54, 1.807) is 0 Å². The molecule has 4 heteroatoms. The number of rotatable bonds is 19. The SMILES string of the molecule is C=CCCCCCCCC(=O)NCCN1CCN=C1CCCCCCCC=C. The lowest BCUT2D eigenvalue weighted by atomic mass is 10.1. The summed E-state index contributed by atoms with van der Waals surface area (Å²) >= 11 is 0. The van der Waals surface area contributed by atoms with Crippen molar-refractivity contribution in [2.45, 2.75) is 89.9 Å². The van der Waals surface area contributed by atoms with Gasteiger partial charge in [0.15, 0.2) is 0 Å². The number of hydrogen-bond donors (Lipinski definition) is 1. The number of carbonyl (C=O) groups is 1. The average Bonchev–Trinajstić information content (AvgIpc) is 3.14. The molecule has 1 heterocycles. The van der Waals surface area contributed by atoms with Crippen LogP contribution < -0.4 is 5.32 Å². The highest BCUT2D eigenvalue weighted by Gasteiger charge is 2.16. The highest BCUT2D eigenvalue weighted by molar-refractivity contribution is 5.83. The topological polar surface area (TPSA) is 44.7 Å². The van der Waals surface area contributed by atoms with Gasteiger partial charge in [0.2, 0.25) is 5.91 Å². The Morgan fingerprint density at radius 3 is 2.21 bits per heavy atom. The van der Waals surface area contributed by atoms with Crippen LogP contribution in [0.15, 0.2) is 30.3 Å². The van der Waals surface area contributed by atoms with Crippen LogP contribution in [0.3, 0.4) is 0 Å². The molecule has 0 spiro atoms. The zero-order valence-corrected chi connectivity index (χ0v) is 18.1. The number of amides is 1. The first-order valence-electron chi connectivity index (χ1n) is 11.5. The van der Waals surface area contributed by atoms with Crippen LogP contribution in [0.4, 0.5) is 0 Å². The van der Waals surface area contributed by atoms with Crippen LogP contribution >= 0.6 is 0 Å². The van der Waals surface area contributed by atoms with E-state index in [0.29, 0.717) is 6.42 Å². The van der Waals surface area contributed by atoms with Crippen molar-refractivity contribution in [1.82, 2.24) is 10.2 Å². The summed E-state index contributed by atoms with van der Waals surface area (Å²) in [6, 6.07) is 0. The second-order valence-electron chi connectivity index (χ2n) is 7.83. The summed E-state index contributed by atoms with van der Waals surface area (Å²) < 4.78 is 0. The molecule has 1 N–H and O–H groups in total. The lowest BCUT2D eigenvalue weighted by molar-refractivity contribution is -0.121. The normalized spacial score (nSPS) is 13.4. The van der Waals surface area contributed by atoms with E-state index in [1.807, 2.05) is 12.2 Å². The number of nitrogens with zero attached hydrogens (tertiary/aromatic N) is 2. The Labute approximate surface area is 173 Å². The van der Waals surface area contributed by atoms with Gasteiger partial charge in [-0.05, 0) is 38.5 Å². The van der Waals surface area contributed by atoms with E-state index in [1.165, 1.54) is 57.2 Å². The van der Waals surface area contributed by atoms with E-state index in [9.17, 15) is 4.79 Å². The Kier molecular flexibility index (Phi) is 15.3. The van der Waals surface area contributed by atoms with E-state index in [4.69, 9.17) is 0 Å². The Balaban J connectivity index is 2.00. The monoisotopic (exact) mass is 389 g/mol. The predicted octanol–water partition coefficient (Wildman–Crippen LogP) is 5.65. The summed E-state index contributed by atoms with van der Waals surface area (Å²) in [6.07, 6.45) is 20.2. The van der Waals surface area contributed by atoms with Crippen LogP contribution in [0, 0.1) is 0 Å². The van der Waals surface area contributed by atoms with E-state index in [0.717, 1.165) is 58.3 Å². The average molecular weight is 390 g/mol. The quantitative estimate of drug-likeness (QED) is 0.229. The maximum absolute atomic E-state index is 12.0. The van der Waals surface area contributed by atoms with Gasteiger partial charge in [0.1, 0.15) is 0 Å². The summed E-state index contributed by atoms with van der Waals surface area (Å²) in [5.41, 5.74) is 0. The summed E-state index contributed by atoms with van der Waals surface area (Å²) in [5, 5.41) is 3.08. The maximum Gasteiger partial charge on any atom is 0.220 e. The number of allylic oxidation sites excluding steroid dienone is 2. The fourth-order valence-corrected chi connectivity index (χ4v) is 3.63. The molecule has 1 aliphatic heterocycles. The molecule has 0 saturated heterocycles. The van der Waals surface area contributed by atoms with Crippen molar-refractivity contribution in [2.75, 3.05) is 26.2 Å². The number of aliphatic imine (C=N–C) groups is 1. The molecule has 0 saturated carbocycles. The van der Waals surface area contributed by atoms with Crippen molar-refractivity contribution < 1.29 is 4.79 Å². The highest BCUT2D eigenvalue weighted by Crippen LogP contribution is 2.12. The molecular formula is C24H43N3O. The van der Waals surface area contributed by atoms with E-state index in [-0.39, 0.29) is 5.91 Å². The fraction of sp³-hybridized carbons (Fsp3) is 0.750. The zero-order chi connectivity index (χ0) is 20.3. The van der Waals surface area contributed by atoms with Crippen LogP contribution in [0.5, 0.6) is 0 Å². The minimum Gasteiger partial charge on any atom is -0.357 e. The molecule has 28 heavy (non-hydrogen) atoms. The molecule has 1 aliphatic rings. The lowest BCUT2D eigenvalue weighted by Crippen LogP contribution is -2.36. The van der Waals surface area contributed by atoms with Gasteiger partial charge in [-0.25, -0.2) is 0 Å². The van der Waals surface area contributed by atoms with Gasteiger partial charge in [0.25, 0.3) is 0 Å². The van der Waals surface area contributed by atoms with Crippen molar-refractivity contribution in [3.05, 3.63) is 25.3 Å². The van der Waals surface area contributed by atoms with Crippen molar-refractivity contribution in [1.29, 1.82) is 0 Å². The summed E-state index contributed by atoms with van der Waals surface area (Å²) in [6.45, 7) is 11.1. The Morgan fingerprint density at radius 1 is 0.929 bits per heavy atom. The van der Waals surface area contributed by atoms with Crippen LogP contribution in [-0.4, -0.2) is 42.8 Å². The third kappa shape index (κ3) is 12.7. The molecule has 0 aromatic heterocycles. The van der Waals surface area contributed by atoms with Crippen LogP contribution in [0.25, 0.3) is 0 Å². The molecule has 0 aromatic carbocycles. The highest BCUT2D eigenvalue weighted by atomic mass is 16.1. The first-order chi connectivity index (χ1) is 13.8. The first-order valence-corrected chi connectivity index (χ1v) is 11.5. The molecule has 1 rings (SSSR count). The molecule has 0 fully saturated rings. The maximum atomic E-state index is 12.0. The summed E-state index contributed by atoms with van der Waals surface area (Å²) in [4.78, 5) is 19.0. The van der Waals surface area contributed by atoms with Crippen molar-refractivity contribution in [2.24, 2.45) is 4.99 Å². The molecule has 0 unspecified atom stereocenters. The number of unbranched alkanes of at least 4 members (excludes halogenated alkanes) is 10. The smallest absolute Gasteiger partial charge is 0.220 e. The minimum absolute atomic E-state index is 0.198. The van der Waals surface area contributed by atoms with Gasteiger partial charge in [-0.1, -0.05) is 50.7 Å². The van der Waals surface area contributed by atoms with E-state index >= 15 is 0 Å². The molecule has 1 amide bonds. The number of nitrogens with one attached hydrogen (secondary N) is 1. The first kappa shape index (κ1) is 24.5. The molecular weight excluding hydrogens is 346 g/mol. The Hall–Kier alpha value is -1.58. The van der Waals surface area contributed by atoms with Crippen LogP contribution in [0.2, 0.25) is 0 Å². The number of amidine groups is 1. The lowest BCUT2D eigenvalue weighted by Gasteiger charge is -2.20.